The molecule has 2 rings (SSSR count). The lowest BCUT2D eigenvalue weighted by Crippen LogP contribution is -1.83. The smallest absolute Gasteiger partial charge is 0.115 e. The van der Waals surface area contributed by atoms with Gasteiger partial charge in [-0.25, -0.2) is 4.98 Å². The summed E-state index contributed by atoms with van der Waals surface area (Å²) in [5, 5.41) is 2.65. The molecule has 0 saturated carbocycles. The average molecular weight is 369 g/mol. The standard InChI is InChI=1S/C11H5BrCl3NS/c12-8-3-7(14)5-16-11(8)17-10-4-6(13)1-2-9(10)15/h1-5H. The third-order valence-corrected chi connectivity index (χ3v) is 4.70. The van der Waals surface area contributed by atoms with Crippen molar-refractivity contribution in [2.75, 3.05) is 0 Å². The summed E-state index contributed by atoms with van der Waals surface area (Å²) in [5.41, 5.74) is 0. The van der Waals surface area contributed by atoms with Crippen LogP contribution >= 0.6 is 62.5 Å². The van der Waals surface area contributed by atoms with Crippen LogP contribution in [-0.4, -0.2) is 4.98 Å². The zero-order chi connectivity index (χ0) is 12.4. The van der Waals surface area contributed by atoms with E-state index in [9.17, 15) is 0 Å². The van der Waals surface area contributed by atoms with Crippen LogP contribution in [0.2, 0.25) is 15.1 Å². The van der Waals surface area contributed by atoms with Crippen molar-refractivity contribution in [3.8, 4) is 0 Å². The van der Waals surface area contributed by atoms with Crippen molar-refractivity contribution in [3.63, 3.8) is 0 Å². The molecule has 0 fully saturated rings. The lowest BCUT2D eigenvalue weighted by Gasteiger charge is -2.06. The predicted molar refractivity (Wildman–Crippen MR) is 77.5 cm³/mol. The number of aromatic nitrogens is 1. The number of rotatable bonds is 2. The van der Waals surface area contributed by atoms with Crippen LogP contribution in [0.4, 0.5) is 0 Å². The van der Waals surface area contributed by atoms with Crippen molar-refractivity contribution < 1.29 is 0 Å². The quantitative estimate of drug-likeness (QED) is 0.648. The molecule has 2 aromatic rings. The number of pyridine rings is 1. The molecule has 1 aromatic carbocycles. The van der Waals surface area contributed by atoms with Crippen molar-refractivity contribution in [2.24, 2.45) is 0 Å². The third kappa shape index (κ3) is 3.52. The van der Waals surface area contributed by atoms with E-state index in [1.165, 1.54) is 11.8 Å². The summed E-state index contributed by atoms with van der Waals surface area (Å²) in [5.74, 6) is 0. The Balaban J connectivity index is 2.34. The molecule has 0 aliphatic heterocycles. The molecule has 1 nitrogen and oxygen atoms in total. The third-order valence-electron chi connectivity index (χ3n) is 1.87. The summed E-state index contributed by atoms with van der Waals surface area (Å²) >= 11 is 22.7. The van der Waals surface area contributed by atoms with E-state index < -0.39 is 0 Å². The van der Waals surface area contributed by atoms with Gasteiger partial charge in [0.15, 0.2) is 0 Å². The Kier molecular flexibility index (Phi) is 4.61. The van der Waals surface area contributed by atoms with Crippen LogP contribution in [0.3, 0.4) is 0 Å². The highest BCUT2D eigenvalue weighted by molar-refractivity contribution is 9.10. The lowest BCUT2D eigenvalue weighted by molar-refractivity contribution is 1.11. The predicted octanol–water partition coefficient (Wildman–Crippen LogP) is 5.96. The molecule has 0 bridgehead atoms. The Labute approximate surface area is 127 Å². The van der Waals surface area contributed by atoms with Crippen molar-refractivity contribution >= 4 is 62.5 Å². The molecule has 88 valence electrons. The molecule has 17 heavy (non-hydrogen) atoms. The molecule has 6 heteroatoms. The molecule has 0 amide bonds. The molecule has 0 unspecified atom stereocenters. The summed E-state index contributed by atoms with van der Waals surface area (Å²) in [4.78, 5) is 5.08. The number of halogens is 4. The highest BCUT2D eigenvalue weighted by atomic mass is 79.9. The van der Waals surface area contributed by atoms with Gasteiger partial charge in [-0.15, -0.1) is 0 Å². The summed E-state index contributed by atoms with van der Waals surface area (Å²) < 4.78 is 0.825. The van der Waals surface area contributed by atoms with Gasteiger partial charge in [0, 0.05) is 16.1 Å². The molecule has 0 atom stereocenters. The number of hydrogen-bond donors (Lipinski definition) is 0. The molecular weight excluding hydrogens is 364 g/mol. The maximum absolute atomic E-state index is 6.08. The molecular formula is C11H5BrCl3NS. The van der Waals surface area contributed by atoms with Gasteiger partial charge in [-0.05, 0) is 40.2 Å². The second kappa shape index (κ2) is 5.81. The Morgan fingerprint density at radius 3 is 2.53 bits per heavy atom. The Bertz CT molecular complexity index is 562. The summed E-state index contributed by atoms with van der Waals surface area (Å²) in [6, 6.07) is 7.10. The first kappa shape index (κ1) is 13.5. The van der Waals surface area contributed by atoms with Gasteiger partial charge in [0.1, 0.15) is 5.03 Å². The first-order valence-corrected chi connectivity index (χ1v) is 7.24. The van der Waals surface area contributed by atoms with E-state index in [2.05, 4.69) is 20.9 Å². The van der Waals surface area contributed by atoms with E-state index in [1.54, 1.807) is 30.5 Å². The Hall–Kier alpha value is 0.0700. The van der Waals surface area contributed by atoms with E-state index in [4.69, 9.17) is 34.8 Å². The van der Waals surface area contributed by atoms with Crippen LogP contribution in [0.1, 0.15) is 0 Å². The van der Waals surface area contributed by atoms with E-state index in [1.807, 2.05) is 0 Å². The van der Waals surface area contributed by atoms with Crippen LogP contribution in [0.25, 0.3) is 0 Å². The summed E-state index contributed by atoms with van der Waals surface area (Å²) in [6.45, 7) is 0. The van der Waals surface area contributed by atoms with Gasteiger partial charge in [-0.2, -0.15) is 0 Å². The van der Waals surface area contributed by atoms with E-state index >= 15 is 0 Å². The number of nitrogens with zero attached hydrogens (tertiary/aromatic N) is 1. The fraction of sp³-hybridized carbons (Fsp3) is 0. The van der Waals surface area contributed by atoms with Gasteiger partial charge in [0.25, 0.3) is 0 Å². The molecule has 0 radical (unpaired) electrons. The SMILES string of the molecule is Clc1cnc(Sc2cc(Cl)ccc2Cl)c(Br)c1. The van der Waals surface area contributed by atoms with Gasteiger partial charge in [-0.3, -0.25) is 0 Å². The fourth-order valence-corrected chi connectivity index (χ4v) is 3.31. The van der Waals surface area contributed by atoms with Crippen molar-refractivity contribution in [3.05, 3.63) is 50.0 Å². The van der Waals surface area contributed by atoms with E-state index in [0.717, 1.165) is 14.4 Å². The molecule has 1 heterocycles. The molecule has 0 aliphatic rings. The maximum atomic E-state index is 6.08. The second-order valence-electron chi connectivity index (χ2n) is 3.12. The largest absolute Gasteiger partial charge is 0.247 e. The average Bonchev–Trinajstić information content (AvgIpc) is 2.27. The highest BCUT2D eigenvalue weighted by Crippen LogP contribution is 2.37. The molecule has 0 aliphatic carbocycles. The minimum Gasteiger partial charge on any atom is -0.247 e. The van der Waals surface area contributed by atoms with Gasteiger partial charge in [0.2, 0.25) is 0 Å². The van der Waals surface area contributed by atoms with Crippen LogP contribution in [-0.2, 0) is 0 Å². The fourth-order valence-electron chi connectivity index (χ4n) is 1.14. The van der Waals surface area contributed by atoms with Crippen molar-refractivity contribution in [2.45, 2.75) is 9.92 Å². The zero-order valence-corrected chi connectivity index (χ0v) is 12.9. The topological polar surface area (TPSA) is 12.9 Å². The van der Waals surface area contributed by atoms with Crippen LogP contribution in [0.5, 0.6) is 0 Å². The van der Waals surface area contributed by atoms with Crippen LogP contribution < -0.4 is 0 Å². The number of hydrogen-bond acceptors (Lipinski definition) is 2. The molecule has 0 saturated heterocycles. The van der Waals surface area contributed by atoms with Gasteiger partial charge < -0.3 is 0 Å². The van der Waals surface area contributed by atoms with Crippen LogP contribution in [0.15, 0.2) is 44.9 Å². The van der Waals surface area contributed by atoms with Crippen molar-refractivity contribution in [1.29, 1.82) is 0 Å². The van der Waals surface area contributed by atoms with Crippen LogP contribution in [0, 0.1) is 0 Å². The lowest BCUT2D eigenvalue weighted by atomic mass is 10.4. The Morgan fingerprint density at radius 2 is 1.82 bits per heavy atom. The minimum atomic E-state index is 0.582. The van der Waals surface area contributed by atoms with Crippen molar-refractivity contribution in [1.82, 2.24) is 4.98 Å². The monoisotopic (exact) mass is 367 g/mol. The highest BCUT2D eigenvalue weighted by Gasteiger charge is 2.08. The Morgan fingerprint density at radius 1 is 1.06 bits per heavy atom. The van der Waals surface area contributed by atoms with Gasteiger partial charge >= 0.3 is 0 Å². The first-order chi connectivity index (χ1) is 8.06. The van der Waals surface area contributed by atoms with E-state index in [0.29, 0.717) is 15.1 Å². The second-order valence-corrected chi connectivity index (χ2v) is 6.28. The number of benzene rings is 1. The normalized spacial score (nSPS) is 10.6. The first-order valence-electron chi connectivity index (χ1n) is 4.50. The van der Waals surface area contributed by atoms with E-state index in [-0.39, 0.29) is 0 Å². The molecule has 0 spiro atoms. The van der Waals surface area contributed by atoms with Gasteiger partial charge in [-0.1, -0.05) is 46.6 Å². The van der Waals surface area contributed by atoms with Gasteiger partial charge in [0.05, 0.1) is 14.5 Å². The summed E-state index contributed by atoms with van der Waals surface area (Å²) in [7, 11) is 0. The minimum absolute atomic E-state index is 0.582. The summed E-state index contributed by atoms with van der Waals surface area (Å²) in [6.07, 6.45) is 1.59. The zero-order valence-electron chi connectivity index (χ0n) is 8.25. The maximum Gasteiger partial charge on any atom is 0.115 e. The molecule has 1 aromatic heterocycles. The molecule has 0 N–H and O–H groups in total.